The van der Waals surface area contributed by atoms with E-state index in [-0.39, 0.29) is 5.28 Å². The topological polar surface area (TPSA) is 52.7 Å². The monoisotopic (exact) mass is 131 g/mol. The van der Waals surface area contributed by atoms with E-state index in [9.17, 15) is 5.21 Å². The molecule has 1 aromatic heterocycles. The van der Waals surface area contributed by atoms with E-state index < -0.39 is 0 Å². The van der Waals surface area contributed by atoms with Gasteiger partial charge in [-0.3, -0.25) is 4.73 Å². The first-order valence-electron chi connectivity index (χ1n) is 1.85. The lowest BCUT2D eigenvalue weighted by molar-refractivity contribution is -0.612. The Balaban J connectivity index is 3.03. The zero-order chi connectivity index (χ0) is 5.98. The Bertz CT molecular complexity index is 153. The van der Waals surface area contributed by atoms with Crippen LogP contribution in [0.3, 0.4) is 0 Å². The van der Waals surface area contributed by atoms with Crippen LogP contribution in [0.15, 0.2) is 12.7 Å². The van der Waals surface area contributed by atoms with Crippen LogP contribution in [0.1, 0.15) is 0 Å². The Kier molecular flexibility index (Phi) is 1.26. The van der Waals surface area contributed by atoms with E-state index in [0.717, 1.165) is 12.7 Å². The maximum Gasteiger partial charge on any atom is 0.371 e. The highest BCUT2D eigenvalue weighted by Gasteiger charge is 1.93. The highest BCUT2D eigenvalue weighted by molar-refractivity contribution is 6.28. The Hall–Kier alpha value is -0.900. The minimum atomic E-state index is 0.0806. The molecule has 0 aliphatic carbocycles. The molecule has 0 amide bonds. The molecule has 1 heterocycles. The Morgan fingerprint density at radius 3 is 2.38 bits per heavy atom. The second-order valence-corrected chi connectivity index (χ2v) is 1.46. The number of hydrogen-bond acceptors (Lipinski definition) is 3. The third-order valence-electron chi connectivity index (χ3n) is 0.556. The summed E-state index contributed by atoms with van der Waals surface area (Å²) in [5.74, 6) is 0. The SMILES string of the molecule is [O-][n+]1cnc(Cl)nc1. The quantitative estimate of drug-likeness (QED) is 0.361. The zero-order valence-electron chi connectivity index (χ0n) is 3.78. The van der Waals surface area contributed by atoms with Crippen LogP contribution in [-0.2, 0) is 0 Å². The standard InChI is InChI=1S/C3H2ClN3O/c4-3-5-1-7(8)2-6-3/h1-2H. The predicted molar refractivity (Wildman–Crippen MR) is 26.0 cm³/mol. The molecule has 42 valence electrons. The fraction of sp³-hybridized carbons (Fsp3) is 0. The summed E-state index contributed by atoms with van der Waals surface area (Å²) in [6, 6.07) is 0. The summed E-state index contributed by atoms with van der Waals surface area (Å²) in [5, 5.41) is 10.2. The van der Waals surface area contributed by atoms with Crippen LogP contribution >= 0.6 is 11.6 Å². The van der Waals surface area contributed by atoms with Crippen molar-refractivity contribution >= 4 is 11.6 Å². The number of rotatable bonds is 0. The van der Waals surface area contributed by atoms with Crippen LogP contribution in [0.2, 0.25) is 5.28 Å². The van der Waals surface area contributed by atoms with Crippen molar-refractivity contribution in [3.8, 4) is 0 Å². The van der Waals surface area contributed by atoms with Gasteiger partial charge in [0.25, 0.3) is 0 Å². The van der Waals surface area contributed by atoms with Gasteiger partial charge in [-0.1, -0.05) is 9.97 Å². The van der Waals surface area contributed by atoms with Crippen LogP contribution in [0, 0.1) is 5.21 Å². The lowest BCUT2D eigenvalue weighted by atomic mass is 11.1. The van der Waals surface area contributed by atoms with Crippen LogP contribution in [0.25, 0.3) is 0 Å². The van der Waals surface area contributed by atoms with E-state index in [1.165, 1.54) is 0 Å². The Morgan fingerprint density at radius 2 is 2.00 bits per heavy atom. The van der Waals surface area contributed by atoms with Gasteiger partial charge >= 0.3 is 5.28 Å². The summed E-state index contributed by atoms with van der Waals surface area (Å²) in [4.78, 5) is 6.77. The molecule has 4 nitrogen and oxygen atoms in total. The molecule has 0 aliphatic heterocycles. The molecule has 0 aromatic carbocycles. The molecule has 8 heavy (non-hydrogen) atoms. The van der Waals surface area contributed by atoms with Gasteiger partial charge in [-0.05, 0) is 11.6 Å². The van der Waals surface area contributed by atoms with Gasteiger partial charge in [0.2, 0.25) is 12.7 Å². The zero-order valence-corrected chi connectivity index (χ0v) is 4.54. The van der Waals surface area contributed by atoms with Gasteiger partial charge in [-0.2, -0.15) is 0 Å². The van der Waals surface area contributed by atoms with Gasteiger partial charge in [0.15, 0.2) is 0 Å². The molecule has 0 saturated heterocycles. The largest absolute Gasteiger partial charge is 0.741 e. The number of aromatic nitrogens is 3. The summed E-state index contributed by atoms with van der Waals surface area (Å²) in [5.41, 5.74) is 0. The molecule has 0 atom stereocenters. The van der Waals surface area contributed by atoms with E-state index in [1.54, 1.807) is 0 Å². The molecule has 0 radical (unpaired) electrons. The van der Waals surface area contributed by atoms with Crippen molar-refractivity contribution in [3.63, 3.8) is 0 Å². The first-order valence-corrected chi connectivity index (χ1v) is 2.23. The number of hydrogen-bond donors (Lipinski definition) is 0. The molecular formula is C3H2ClN3O. The highest BCUT2D eigenvalue weighted by atomic mass is 35.5. The molecule has 0 spiro atoms. The average molecular weight is 132 g/mol. The van der Waals surface area contributed by atoms with Crippen molar-refractivity contribution in [1.82, 2.24) is 9.97 Å². The molecule has 5 heteroatoms. The average Bonchev–Trinajstić information content (AvgIpc) is 1.77. The van der Waals surface area contributed by atoms with Crippen LogP contribution in [-0.4, -0.2) is 9.97 Å². The minimum absolute atomic E-state index is 0.0806. The second kappa shape index (κ2) is 1.92. The molecule has 0 aliphatic rings. The van der Waals surface area contributed by atoms with Crippen molar-refractivity contribution in [2.24, 2.45) is 0 Å². The number of halogens is 1. The van der Waals surface area contributed by atoms with E-state index in [0.29, 0.717) is 4.73 Å². The van der Waals surface area contributed by atoms with Crippen LogP contribution < -0.4 is 4.73 Å². The lowest BCUT2D eigenvalue weighted by Crippen LogP contribution is -2.25. The van der Waals surface area contributed by atoms with E-state index in [2.05, 4.69) is 9.97 Å². The van der Waals surface area contributed by atoms with Gasteiger partial charge in [0, 0.05) is 0 Å². The molecule has 0 unspecified atom stereocenters. The van der Waals surface area contributed by atoms with Crippen molar-refractivity contribution in [3.05, 3.63) is 23.1 Å². The van der Waals surface area contributed by atoms with E-state index >= 15 is 0 Å². The van der Waals surface area contributed by atoms with Crippen molar-refractivity contribution < 1.29 is 4.73 Å². The van der Waals surface area contributed by atoms with Gasteiger partial charge < -0.3 is 5.21 Å². The van der Waals surface area contributed by atoms with Gasteiger partial charge in [-0.15, -0.1) is 0 Å². The maximum atomic E-state index is 10.2. The molecule has 0 N–H and O–H groups in total. The second-order valence-electron chi connectivity index (χ2n) is 1.12. The van der Waals surface area contributed by atoms with E-state index in [4.69, 9.17) is 11.6 Å². The fourth-order valence-electron chi connectivity index (χ4n) is 0.272. The third-order valence-corrected chi connectivity index (χ3v) is 0.751. The molecular weight excluding hydrogens is 130 g/mol. The number of nitrogens with zero attached hydrogens (tertiary/aromatic N) is 3. The maximum absolute atomic E-state index is 10.2. The molecule has 0 saturated carbocycles. The summed E-state index contributed by atoms with van der Waals surface area (Å²) in [6.45, 7) is 0. The predicted octanol–water partition coefficient (Wildman–Crippen LogP) is -0.237. The van der Waals surface area contributed by atoms with Crippen molar-refractivity contribution in [1.29, 1.82) is 0 Å². The van der Waals surface area contributed by atoms with Crippen LogP contribution in [0.5, 0.6) is 0 Å². The first kappa shape index (κ1) is 5.24. The van der Waals surface area contributed by atoms with Crippen molar-refractivity contribution in [2.45, 2.75) is 0 Å². The fourth-order valence-corrected chi connectivity index (χ4v) is 0.360. The normalized spacial score (nSPS) is 9.12. The summed E-state index contributed by atoms with van der Waals surface area (Å²) >= 11 is 5.24. The van der Waals surface area contributed by atoms with E-state index in [1.807, 2.05) is 0 Å². The molecule has 0 bridgehead atoms. The molecule has 1 aromatic rings. The third kappa shape index (κ3) is 1.04. The lowest BCUT2D eigenvalue weighted by Gasteiger charge is -1.94. The summed E-state index contributed by atoms with van der Waals surface area (Å²) in [6.07, 6.45) is 2.07. The summed E-state index contributed by atoms with van der Waals surface area (Å²) in [7, 11) is 0. The van der Waals surface area contributed by atoms with Crippen LogP contribution in [0.4, 0.5) is 0 Å². The first-order chi connectivity index (χ1) is 3.79. The Morgan fingerprint density at radius 1 is 1.50 bits per heavy atom. The Labute approximate surface area is 50.4 Å². The highest BCUT2D eigenvalue weighted by Crippen LogP contribution is 1.89. The van der Waals surface area contributed by atoms with Gasteiger partial charge in [-0.25, -0.2) is 0 Å². The summed E-state index contributed by atoms with van der Waals surface area (Å²) < 4.78 is 0.464. The molecule has 1 rings (SSSR count). The van der Waals surface area contributed by atoms with Gasteiger partial charge in [0.1, 0.15) is 0 Å². The minimum Gasteiger partial charge on any atom is -0.741 e. The molecule has 0 fully saturated rings. The van der Waals surface area contributed by atoms with Crippen molar-refractivity contribution in [2.75, 3.05) is 0 Å². The van der Waals surface area contributed by atoms with Gasteiger partial charge in [0.05, 0.1) is 0 Å². The smallest absolute Gasteiger partial charge is 0.371 e.